The van der Waals surface area contributed by atoms with Crippen LogP contribution in [-0.2, 0) is 4.79 Å². The molecule has 0 aliphatic carbocycles. The third kappa shape index (κ3) is 5.05. The number of hydrogen-bond acceptors (Lipinski definition) is 2. The number of amides is 1. The molecule has 3 nitrogen and oxygen atoms in total. The van der Waals surface area contributed by atoms with Gasteiger partial charge in [-0.15, -0.1) is 0 Å². The topological polar surface area (TPSA) is 38.3 Å². The molecule has 0 saturated heterocycles. The molecular weight excluding hydrogens is 358 g/mol. The highest BCUT2D eigenvalue weighted by molar-refractivity contribution is 5.81. The summed E-state index contributed by atoms with van der Waals surface area (Å²) in [7, 11) is 0. The molecule has 1 N–H and O–H groups in total. The quantitative estimate of drug-likeness (QED) is 0.598. The number of carbonyl (C=O) groups is 1. The molecule has 29 heavy (non-hydrogen) atoms. The normalized spacial score (nSPS) is 12.9. The van der Waals surface area contributed by atoms with E-state index in [0.717, 1.165) is 33.6 Å². The number of benzene rings is 3. The molecule has 0 aromatic heterocycles. The number of nitrogens with one attached hydrogen (secondary N) is 1. The van der Waals surface area contributed by atoms with Gasteiger partial charge in [0.25, 0.3) is 5.91 Å². The molecule has 150 valence electrons. The largest absolute Gasteiger partial charge is 0.481 e. The fraction of sp³-hybridized carbons (Fsp3) is 0.269. The van der Waals surface area contributed by atoms with Crippen LogP contribution in [0.1, 0.15) is 46.3 Å². The van der Waals surface area contributed by atoms with Crippen LogP contribution in [0.25, 0.3) is 0 Å². The van der Waals surface area contributed by atoms with E-state index in [1.807, 2.05) is 50.2 Å². The average Bonchev–Trinajstić information content (AvgIpc) is 2.71. The molecule has 0 unspecified atom stereocenters. The minimum atomic E-state index is -0.605. The highest BCUT2D eigenvalue weighted by Gasteiger charge is 2.22. The van der Waals surface area contributed by atoms with Crippen molar-refractivity contribution in [3.05, 3.63) is 100 Å². The van der Waals surface area contributed by atoms with E-state index >= 15 is 0 Å². The maximum Gasteiger partial charge on any atom is 0.261 e. The highest BCUT2D eigenvalue weighted by atomic mass is 16.5. The number of rotatable bonds is 6. The van der Waals surface area contributed by atoms with Gasteiger partial charge < -0.3 is 10.1 Å². The van der Waals surface area contributed by atoms with Crippen molar-refractivity contribution in [2.24, 2.45) is 0 Å². The smallest absolute Gasteiger partial charge is 0.261 e. The Balaban J connectivity index is 1.82. The van der Waals surface area contributed by atoms with Crippen LogP contribution in [0.2, 0.25) is 0 Å². The first-order valence-corrected chi connectivity index (χ1v) is 10.0. The van der Waals surface area contributed by atoms with Crippen LogP contribution >= 0.6 is 0 Å². The summed E-state index contributed by atoms with van der Waals surface area (Å²) in [6.07, 6.45) is -0.605. The number of hydrogen-bond donors (Lipinski definition) is 1. The van der Waals surface area contributed by atoms with Crippen LogP contribution in [0.3, 0.4) is 0 Å². The van der Waals surface area contributed by atoms with Crippen molar-refractivity contribution in [2.75, 3.05) is 0 Å². The summed E-state index contributed by atoms with van der Waals surface area (Å²) in [5.74, 6) is 0.620. The maximum absolute atomic E-state index is 13.0. The van der Waals surface area contributed by atoms with Crippen molar-refractivity contribution in [3.8, 4) is 5.75 Å². The average molecular weight is 388 g/mol. The van der Waals surface area contributed by atoms with Crippen LogP contribution in [0.15, 0.2) is 66.7 Å². The van der Waals surface area contributed by atoms with Gasteiger partial charge >= 0.3 is 0 Å². The minimum Gasteiger partial charge on any atom is -0.481 e. The lowest BCUT2D eigenvalue weighted by Gasteiger charge is -2.23. The molecule has 3 aromatic carbocycles. The number of carbonyl (C=O) groups excluding carboxylic acids is 1. The molecule has 3 heteroatoms. The summed E-state index contributed by atoms with van der Waals surface area (Å²) in [4.78, 5) is 13.0. The predicted octanol–water partition coefficient (Wildman–Crippen LogP) is 5.59. The molecule has 2 atom stereocenters. The van der Waals surface area contributed by atoms with Crippen LogP contribution in [0.4, 0.5) is 0 Å². The first-order valence-electron chi connectivity index (χ1n) is 10.0. The second-order valence-corrected chi connectivity index (χ2v) is 7.73. The summed E-state index contributed by atoms with van der Waals surface area (Å²) in [5.41, 5.74) is 6.62. The zero-order valence-electron chi connectivity index (χ0n) is 17.8. The molecule has 0 radical (unpaired) electrons. The molecule has 0 aliphatic rings. The standard InChI is InChI=1S/C26H29NO2/c1-17-11-13-23(14-12-17)25(22-9-7-6-8-10-22)27-26(28)21(5)29-24-16-18(2)15-19(3)20(24)4/h6-16,21,25H,1-5H3,(H,27,28)/t21-,25-/m0/s1. The van der Waals surface area contributed by atoms with Gasteiger partial charge in [0.2, 0.25) is 0 Å². The van der Waals surface area contributed by atoms with Gasteiger partial charge in [-0.3, -0.25) is 4.79 Å². The lowest BCUT2D eigenvalue weighted by molar-refractivity contribution is -0.127. The second kappa shape index (κ2) is 8.95. The Hall–Kier alpha value is -3.07. The van der Waals surface area contributed by atoms with Crippen LogP contribution in [0.5, 0.6) is 5.75 Å². The Kier molecular flexibility index (Phi) is 6.38. The Bertz CT molecular complexity index is 978. The first kappa shape index (κ1) is 20.7. The van der Waals surface area contributed by atoms with Crippen molar-refractivity contribution in [3.63, 3.8) is 0 Å². The van der Waals surface area contributed by atoms with E-state index in [1.54, 1.807) is 6.92 Å². The molecule has 3 aromatic rings. The third-order valence-corrected chi connectivity index (χ3v) is 5.27. The molecule has 0 fully saturated rings. The number of ether oxygens (including phenoxy) is 1. The predicted molar refractivity (Wildman–Crippen MR) is 118 cm³/mol. The highest BCUT2D eigenvalue weighted by Crippen LogP contribution is 2.26. The minimum absolute atomic E-state index is 0.141. The van der Waals surface area contributed by atoms with Gasteiger partial charge in [0.15, 0.2) is 6.10 Å². The summed E-state index contributed by atoms with van der Waals surface area (Å²) < 4.78 is 6.05. The molecule has 1 amide bonds. The van der Waals surface area contributed by atoms with E-state index in [4.69, 9.17) is 4.74 Å². The van der Waals surface area contributed by atoms with E-state index < -0.39 is 6.10 Å². The van der Waals surface area contributed by atoms with Gasteiger partial charge in [0, 0.05) is 0 Å². The van der Waals surface area contributed by atoms with Gasteiger partial charge in [-0.25, -0.2) is 0 Å². The summed E-state index contributed by atoms with van der Waals surface area (Å²) in [6.45, 7) is 9.97. The summed E-state index contributed by atoms with van der Waals surface area (Å²) >= 11 is 0. The van der Waals surface area contributed by atoms with E-state index in [0.29, 0.717) is 0 Å². The van der Waals surface area contributed by atoms with Crippen molar-refractivity contribution in [1.82, 2.24) is 5.32 Å². The van der Waals surface area contributed by atoms with Gasteiger partial charge in [-0.1, -0.05) is 66.2 Å². The molecule has 3 rings (SSSR count). The van der Waals surface area contributed by atoms with E-state index in [9.17, 15) is 4.79 Å². The molecule has 0 spiro atoms. The molecule has 0 bridgehead atoms. The Labute approximate surface area is 173 Å². The van der Waals surface area contributed by atoms with Crippen molar-refractivity contribution in [1.29, 1.82) is 0 Å². The second-order valence-electron chi connectivity index (χ2n) is 7.73. The van der Waals surface area contributed by atoms with Crippen LogP contribution in [-0.4, -0.2) is 12.0 Å². The zero-order valence-corrected chi connectivity index (χ0v) is 17.8. The molecule has 0 aliphatic heterocycles. The van der Waals surface area contributed by atoms with Crippen molar-refractivity contribution in [2.45, 2.75) is 46.8 Å². The van der Waals surface area contributed by atoms with Crippen molar-refractivity contribution >= 4 is 5.91 Å². The summed E-state index contributed by atoms with van der Waals surface area (Å²) in [5, 5.41) is 3.17. The van der Waals surface area contributed by atoms with E-state index in [-0.39, 0.29) is 11.9 Å². The van der Waals surface area contributed by atoms with Gasteiger partial charge in [0.05, 0.1) is 6.04 Å². The Morgan fingerprint density at radius 2 is 1.45 bits per heavy atom. The molecule has 0 saturated carbocycles. The lowest BCUT2D eigenvalue weighted by Crippen LogP contribution is -2.39. The monoisotopic (exact) mass is 387 g/mol. The molecule has 0 heterocycles. The van der Waals surface area contributed by atoms with Crippen LogP contribution < -0.4 is 10.1 Å². The SMILES string of the molecule is Cc1ccc([C@@H](NC(=O)[C@H](C)Oc2cc(C)cc(C)c2C)c2ccccc2)cc1. The fourth-order valence-corrected chi connectivity index (χ4v) is 3.39. The zero-order chi connectivity index (χ0) is 21.0. The number of aryl methyl sites for hydroxylation is 3. The van der Waals surface area contributed by atoms with Gasteiger partial charge in [-0.05, 0) is 68.5 Å². The Morgan fingerprint density at radius 3 is 2.10 bits per heavy atom. The van der Waals surface area contributed by atoms with Gasteiger partial charge in [0.1, 0.15) is 5.75 Å². The lowest BCUT2D eigenvalue weighted by atomic mass is 9.97. The van der Waals surface area contributed by atoms with Gasteiger partial charge in [-0.2, -0.15) is 0 Å². The fourth-order valence-electron chi connectivity index (χ4n) is 3.39. The maximum atomic E-state index is 13.0. The first-order chi connectivity index (χ1) is 13.8. The summed E-state index contributed by atoms with van der Waals surface area (Å²) in [6, 6.07) is 22.2. The molecular formula is C26H29NO2. The van der Waals surface area contributed by atoms with E-state index in [2.05, 4.69) is 49.5 Å². The Morgan fingerprint density at radius 1 is 0.828 bits per heavy atom. The third-order valence-electron chi connectivity index (χ3n) is 5.27. The van der Waals surface area contributed by atoms with E-state index in [1.165, 1.54) is 5.56 Å². The van der Waals surface area contributed by atoms with Crippen molar-refractivity contribution < 1.29 is 9.53 Å². The van der Waals surface area contributed by atoms with Crippen LogP contribution in [0, 0.1) is 27.7 Å².